The van der Waals surface area contributed by atoms with E-state index in [-0.39, 0.29) is 0 Å². The highest BCUT2D eigenvalue weighted by molar-refractivity contribution is 5.22. The fraction of sp³-hybridized carbons (Fsp3) is 0.529. The first kappa shape index (κ1) is 12.0. The van der Waals surface area contributed by atoms with Crippen molar-refractivity contribution in [2.24, 2.45) is 0 Å². The number of likely N-dealkylation sites (tertiary alicyclic amines) is 1. The van der Waals surface area contributed by atoms with Crippen LogP contribution in [0.15, 0.2) is 42.0 Å². The Bertz CT molecular complexity index is 420. The van der Waals surface area contributed by atoms with E-state index < -0.39 is 0 Å². The molecule has 1 unspecified atom stereocenters. The maximum atomic E-state index is 2.73. The molecule has 1 heteroatoms. The van der Waals surface area contributed by atoms with Crippen LogP contribution in [0.1, 0.15) is 50.6 Å². The Morgan fingerprint density at radius 2 is 2.00 bits per heavy atom. The summed E-state index contributed by atoms with van der Waals surface area (Å²) in [6, 6.07) is 12.2. The van der Waals surface area contributed by atoms with E-state index in [4.69, 9.17) is 0 Å². The molecule has 96 valence electrons. The lowest BCUT2D eigenvalue weighted by Crippen LogP contribution is -2.43. The third kappa shape index (κ3) is 2.24. The third-order valence-electron chi connectivity index (χ3n) is 4.58. The molecule has 0 spiro atoms. The Morgan fingerprint density at radius 1 is 1.17 bits per heavy atom. The van der Waals surface area contributed by atoms with Crippen molar-refractivity contribution >= 4 is 0 Å². The van der Waals surface area contributed by atoms with Crippen LogP contribution in [0.3, 0.4) is 0 Å². The van der Waals surface area contributed by atoms with E-state index >= 15 is 0 Å². The van der Waals surface area contributed by atoms with Crippen molar-refractivity contribution in [1.82, 2.24) is 4.90 Å². The molecule has 0 N–H and O–H groups in total. The molecule has 1 heterocycles. The lowest BCUT2D eigenvalue weighted by molar-refractivity contribution is 0.127. The van der Waals surface area contributed by atoms with Gasteiger partial charge >= 0.3 is 0 Å². The smallest absolute Gasteiger partial charge is 0.0325 e. The Kier molecular flexibility index (Phi) is 3.51. The lowest BCUT2D eigenvalue weighted by Gasteiger charge is -2.43. The maximum Gasteiger partial charge on any atom is 0.0325 e. The first-order chi connectivity index (χ1) is 8.86. The summed E-state index contributed by atoms with van der Waals surface area (Å²) in [4.78, 5) is 2.73. The number of fused-ring (bicyclic) bond motifs is 1. The number of allylic oxidation sites excluding steroid dienone is 1. The quantitative estimate of drug-likeness (QED) is 0.697. The largest absolute Gasteiger partial charge is 0.290 e. The predicted octanol–water partition coefficient (Wildman–Crippen LogP) is 4.32. The molecule has 1 aliphatic heterocycles. The van der Waals surface area contributed by atoms with Crippen LogP contribution in [0.4, 0.5) is 0 Å². The Labute approximate surface area is 111 Å². The molecule has 1 fully saturated rings. The summed E-state index contributed by atoms with van der Waals surface area (Å²) in [5.74, 6) is 0. The average molecular weight is 241 g/mol. The fourth-order valence-electron chi connectivity index (χ4n) is 3.58. The van der Waals surface area contributed by atoms with Crippen molar-refractivity contribution in [2.75, 3.05) is 6.54 Å². The molecular weight excluding hydrogens is 218 g/mol. The van der Waals surface area contributed by atoms with E-state index in [1.807, 2.05) is 0 Å². The molecular formula is C17H23N. The maximum absolute atomic E-state index is 2.73. The first-order valence-corrected chi connectivity index (χ1v) is 7.36. The predicted molar refractivity (Wildman–Crippen MR) is 76.5 cm³/mol. The van der Waals surface area contributed by atoms with Gasteiger partial charge in [-0.25, -0.2) is 0 Å². The van der Waals surface area contributed by atoms with Gasteiger partial charge in [-0.1, -0.05) is 42.0 Å². The zero-order chi connectivity index (χ0) is 12.4. The molecule has 3 rings (SSSR count). The van der Waals surface area contributed by atoms with Crippen molar-refractivity contribution in [3.63, 3.8) is 0 Å². The summed E-state index contributed by atoms with van der Waals surface area (Å²) < 4.78 is 0. The Balaban J connectivity index is 1.82. The summed E-state index contributed by atoms with van der Waals surface area (Å²) in [6.07, 6.45) is 9.22. The number of nitrogens with zero attached hydrogens (tertiary/aromatic N) is 1. The number of hydrogen-bond acceptors (Lipinski definition) is 1. The number of hydrogen-bond donors (Lipinski definition) is 0. The second-order valence-corrected chi connectivity index (χ2v) is 5.65. The van der Waals surface area contributed by atoms with Crippen LogP contribution in [0.5, 0.6) is 0 Å². The van der Waals surface area contributed by atoms with E-state index in [0.717, 1.165) is 6.04 Å². The highest BCUT2D eigenvalue weighted by Crippen LogP contribution is 2.36. The van der Waals surface area contributed by atoms with Gasteiger partial charge in [-0.2, -0.15) is 0 Å². The molecule has 2 aliphatic rings. The van der Waals surface area contributed by atoms with Crippen molar-refractivity contribution in [2.45, 2.75) is 51.1 Å². The Hall–Kier alpha value is -1.08. The van der Waals surface area contributed by atoms with E-state index in [2.05, 4.69) is 48.2 Å². The van der Waals surface area contributed by atoms with E-state index in [0.29, 0.717) is 6.04 Å². The van der Waals surface area contributed by atoms with Gasteiger partial charge in [-0.05, 0) is 51.1 Å². The monoisotopic (exact) mass is 241 g/mol. The molecule has 0 saturated carbocycles. The second kappa shape index (κ2) is 5.27. The van der Waals surface area contributed by atoms with Crippen LogP contribution in [-0.2, 0) is 0 Å². The molecule has 0 bridgehead atoms. The van der Waals surface area contributed by atoms with Crippen LogP contribution in [0.2, 0.25) is 0 Å². The minimum absolute atomic E-state index is 0.554. The van der Waals surface area contributed by atoms with Crippen LogP contribution in [-0.4, -0.2) is 17.5 Å². The molecule has 1 aromatic rings. The minimum Gasteiger partial charge on any atom is -0.290 e. The molecule has 1 aliphatic carbocycles. The van der Waals surface area contributed by atoms with Crippen LogP contribution in [0.25, 0.3) is 0 Å². The number of benzene rings is 1. The van der Waals surface area contributed by atoms with Crippen molar-refractivity contribution < 1.29 is 0 Å². The summed E-state index contributed by atoms with van der Waals surface area (Å²) in [5.41, 5.74) is 3.18. The minimum atomic E-state index is 0.554. The average Bonchev–Trinajstić information content (AvgIpc) is 2.47. The van der Waals surface area contributed by atoms with Crippen molar-refractivity contribution in [1.29, 1.82) is 0 Å². The zero-order valence-electron chi connectivity index (χ0n) is 11.3. The second-order valence-electron chi connectivity index (χ2n) is 5.65. The normalized spacial score (nSPS) is 26.3. The third-order valence-corrected chi connectivity index (χ3v) is 4.58. The van der Waals surface area contributed by atoms with Gasteiger partial charge in [0, 0.05) is 12.1 Å². The van der Waals surface area contributed by atoms with Crippen LogP contribution < -0.4 is 0 Å². The number of piperidine rings is 1. The van der Waals surface area contributed by atoms with Gasteiger partial charge in [0.15, 0.2) is 0 Å². The van der Waals surface area contributed by atoms with E-state index in [1.165, 1.54) is 44.2 Å². The SMILES string of the molecule is C[C@H](c1ccccc1)N1CCCC2=CCCCC21. The van der Waals surface area contributed by atoms with E-state index in [1.54, 1.807) is 5.57 Å². The van der Waals surface area contributed by atoms with Gasteiger partial charge in [0.1, 0.15) is 0 Å². The molecule has 0 radical (unpaired) electrons. The van der Waals surface area contributed by atoms with Crippen LogP contribution in [0, 0.1) is 0 Å². The van der Waals surface area contributed by atoms with Gasteiger partial charge in [0.25, 0.3) is 0 Å². The van der Waals surface area contributed by atoms with Gasteiger partial charge in [-0.3, -0.25) is 4.90 Å². The highest BCUT2D eigenvalue weighted by atomic mass is 15.2. The highest BCUT2D eigenvalue weighted by Gasteiger charge is 2.31. The van der Waals surface area contributed by atoms with Gasteiger partial charge in [0.05, 0.1) is 0 Å². The van der Waals surface area contributed by atoms with Crippen molar-refractivity contribution in [3.8, 4) is 0 Å². The van der Waals surface area contributed by atoms with Gasteiger partial charge in [0.2, 0.25) is 0 Å². The van der Waals surface area contributed by atoms with E-state index in [9.17, 15) is 0 Å². The lowest BCUT2D eigenvalue weighted by atomic mass is 9.85. The topological polar surface area (TPSA) is 3.24 Å². The summed E-state index contributed by atoms with van der Waals surface area (Å²) in [5, 5.41) is 0. The molecule has 0 aromatic heterocycles. The Morgan fingerprint density at radius 3 is 2.83 bits per heavy atom. The van der Waals surface area contributed by atoms with Gasteiger partial charge in [-0.15, -0.1) is 0 Å². The number of rotatable bonds is 2. The van der Waals surface area contributed by atoms with Crippen molar-refractivity contribution in [3.05, 3.63) is 47.5 Å². The van der Waals surface area contributed by atoms with Gasteiger partial charge < -0.3 is 0 Å². The molecule has 1 nitrogen and oxygen atoms in total. The molecule has 18 heavy (non-hydrogen) atoms. The first-order valence-electron chi connectivity index (χ1n) is 7.36. The van der Waals surface area contributed by atoms with Crippen LogP contribution >= 0.6 is 0 Å². The molecule has 2 atom stereocenters. The summed E-state index contributed by atoms with van der Waals surface area (Å²) >= 11 is 0. The molecule has 1 aromatic carbocycles. The molecule has 1 saturated heterocycles. The zero-order valence-corrected chi connectivity index (χ0v) is 11.3. The summed E-state index contributed by atoms with van der Waals surface area (Å²) in [6.45, 7) is 3.63. The fourth-order valence-corrected chi connectivity index (χ4v) is 3.58. The molecule has 0 amide bonds. The standard InChI is InChI=1S/C17H23N/c1-14(15-8-3-2-4-9-15)18-13-7-11-16-10-5-6-12-17(16)18/h2-4,8-10,14,17H,5-7,11-13H2,1H3/t14-,17?/m1/s1. The summed E-state index contributed by atoms with van der Waals surface area (Å²) in [7, 11) is 0.